The molecule has 158 valence electrons. The lowest BCUT2D eigenvalue weighted by molar-refractivity contribution is 0.0350. The van der Waals surface area contributed by atoms with Crippen LogP contribution in [0.2, 0.25) is 0 Å². The van der Waals surface area contributed by atoms with Crippen LogP contribution >= 0.6 is 0 Å². The van der Waals surface area contributed by atoms with E-state index in [-0.39, 0.29) is 6.61 Å². The maximum Gasteiger partial charge on any atom is 0.0897 e. The van der Waals surface area contributed by atoms with Gasteiger partial charge in [0, 0.05) is 19.7 Å². The third-order valence-electron chi connectivity index (χ3n) is 5.01. The van der Waals surface area contributed by atoms with Crippen molar-refractivity contribution in [3.05, 3.63) is 0 Å². The van der Waals surface area contributed by atoms with Gasteiger partial charge in [-0.1, -0.05) is 90.9 Å². The monoisotopic (exact) mass is 373 g/mol. The molecule has 2 atom stereocenters. The number of hydrogen-bond donors (Lipinski definition) is 3. The zero-order valence-electron chi connectivity index (χ0n) is 17.7. The standard InChI is InChI=1S/C22H47NO3/c1-3-4-14-21(2)15-12-10-8-6-5-7-9-11-13-18-26-20-22(25)19-23-16-17-24/h21-25H,3-20H2,1-2H3. The van der Waals surface area contributed by atoms with Crippen LogP contribution in [0.1, 0.15) is 97.3 Å². The van der Waals surface area contributed by atoms with Gasteiger partial charge in [0.1, 0.15) is 0 Å². The summed E-state index contributed by atoms with van der Waals surface area (Å²) in [4.78, 5) is 0. The molecule has 0 aliphatic carbocycles. The number of nitrogens with one attached hydrogen (secondary N) is 1. The highest BCUT2D eigenvalue weighted by Crippen LogP contribution is 2.17. The first kappa shape index (κ1) is 25.8. The average Bonchev–Trinajstić information content (AvgIpc) is 2.64. The SMILES string of the molecule is CCCCC(C)CCCCCCCCCCCOCC(O)CNCCO. The van der Waals surface area contributed by atoms with Gasteiger partial charge in [-0.15, -0.1) is 0 Å². The van der Waals surface area contributed by atoms with E-state index in [1.807, 2.05) is 0 Å². The van der Waals surface area contributed by atoms with Crippen LogP contribution in [0.5, 0.6) is 0 Å². The summed E-state index contributed by atoms with van der Waals surface area (Å²) >= 11 is 0. The van der Waals surface area contributed by atoms with Gasteiger partial charge in [-0.3, -0.25) is 0 Å². The molecule has 0 rings (SSSR count). The summed E-state index contributed by atoms with van der Waals surface area (Å²) in [5, 5.41) is 21.2. The van der Waals surface area contributed by atoms with E-state index in [0.717, 1.165) is 18.9 Å². The summed E-state index contributed by atoms with van der Waals surface area (Å²) < 4.78 is 5.49. The van der Waals surface area contributed by atoms with Crippen molar-refractivity contribution < 1.29 is 14.9 Å². The van der Waals surface area contributed by atoms with E-state index in [2.05, 4.69) is 19.2 Å². The number of unbranched alkanes of at least 4 members (excludes halogenated alkanes) is 9. The van der Waals surface area contributed by atoms with Gasteiger partial charge in [-0.25, -0.2) is 0 Å². The van der Waals surface area contributed by atoms with Gasteiger partial charge in [0.25, 0.3) is 0 Å². The third-order valence-corrected chi connectivity index (χ3v) is 5.01. The number of rotatable bonds is 21. The number of aliphatic hydroxyl groups excluding tert-OH is 2. The molecule has 0 aromatic heterocycles. The van der Waals surface area contributed by atoms with Gasteiger partial charge in [0.05, 0.1) is 19.3 Å². The Morgan fingerprint density at radius 2 is 1.42 bits per heavy atom. The lowest BCUT2D eigenvalue weighted by atomic mass is 9.97. The van der Waals surface area contributed by atoms with Crippen molar-refractivity contribution in [2.24, 2.45) is 5.92 Å². The Labute approximate surface area is 163 Å². The number of aliphatic hydroxyl groups is 2. The molecule has 4 nitrogen and oxygen atoms in total. The summed E-state index contributed by atoms with van der Waals surface area (Å²) in [6.45, 7) is 6.93. The Morgan fingerprint density at radius 3 is 2.04 bits per heavy atom. The van der Waals surface area contributed by atoms with E-state index >= 15 is 0 Å². The first-order valence-electron chi connectivity index (χ1n) is 11.3. The normalized spacial score (nSPS) is 13.8. The maximum absolute atomic E-state index is 9.64. The zero-order valence-corrected chi connectivity index (χ0v) is 17.7. The Morgan fingerprint density at radius 1 is 0.846 bits per heavy atom. The van der Waals surface area contributed by atoms with E-state index in [1.165, 1.54) is 77.0 Å². The van der Waals surface area contributed by atoms with Gasteiger partial charge in [0.2, 0.25) is 0 Å². The third kappa shape index (κ3) is 20.2. The first-order valence-corrected chi connectivity index (χ1v) is 11.3. The van der Waals surface area contributed by atoms with Gasteiger partial charge >= 0.3 is 0 Å². The summed E-state index contributed by atoms with van der Waals surface area (Å²) in [6.07, 6.45) is 17.1. The van der Waals surface area contributed by atoms with Crippen molar-refractivity contribution in [3.63, 3.8) is 0 Å². The average molecular weight is 374 g/mol. The van der Waals surface area contributed by atoms with Crippen LogP contribution in [0.4, 0.5) is 0 Å². The molecule has 0 amide bonds. The summed E-state index contributed by atoms with van der Waals surface area (Å²) in [7, 11) is 0. The highest BCUT2D eigenvalue weighted by Gasteiger charge is 2.03. The molecule has 26 heavy (non-hydrogen) atoms. The van der Waals surface area contributed by atoms with Crippen LogP contribution in [0, 0.1) is 5.92 Å². The molecule has 0 aliphatic rings. The van der Waals surface area contributed by atoms with Crippen molar-refractivity contribution in [2.75, 3.05) is 32.9 Å². The molecule has 0 radical (unpaired) electrons. The van der Waals surface area contributed by atoms with E-state index in [0.29, 0.717) is 19.7 Å². The number of hydrogen-bond acceptors (Lipinski definition) is 4. The minimum absolute atomic E-state index is 0.103. The minimum atomic E-state index is -0.476. The van der Waals surface area contributed by atoms with Crippen molar-refractivity contribution in [1.29, 1.82) is 0 Å². The molecule has 0 aliphatic heterocycles. The Bertz CT molecular complexity index is 264. The Balaban J connectivity index is 3.13. The van der Waals surface area contributed by atoms with Crippen LogP contribution < -0.4 is 5.32 Å². The lowest BCUT2D eigenvalue weighted by Crippen LogP contribution is -2.32. The van der Waals surface area contributed by atoms with Crippen LogP contribution in [0.15, 0.2) is 0 Å². The molecular formula is C22H47NO3. The fourth-order valence-electron chi connectivity index (χ4n) is 3.26. The van der Waals surface area contributed by atoms with Crippen LogP contribution in [0.25, 0.3) is 0 Å². The molecule has 0 saturated heterocycles. The molecule has 4 heteroatoms. The Hall–Kier alpha value is -0.160. The summed E-state index contributed by atoms with van der Waals surface area (Å²) in [5.74, 6) is 0.926. The number of ether oxygens (including phenoxy) is 1. The van der Waals surface area contributed by atoms with E-state index in [1.54, 1.807) is 0 Å². The van der Waals surface area contributed by atoms with E-state index in [9.17, 15) is 5.11 Å². The maximum atomic E-state index is 9.64. The van der Waals surface area contributed by atoms with Gasteiger partial charge in [-0.2, -0.15) is 0 Å². The molecule has 0 saturated carbocycles. The largest absolute Gasteiger partial charge is 0.395 e. The minimum Gasteiger partial charge on any atom is -0.395 e. The quantitative estimate of drug-likeness (QED) is 0.256. The van der Waals surface area contributed by atoms with Crippen molar-refractivity contribution in [1.82, 2.24) is 5.32 Å². The van der Waals surface area contributed by atoms with Crippen molar-refractivity contribution >= 4 is 0 Å². The van der Waals surface area contributed by atoms with E-state index < -0.39 is 6.10 Å². The fourth-order valence-corrected chi connectivity index (χ4v) is 3.26. The first-order chi connectivity index (χ1) is 12.7. The lowest BCUT2D eigenvalue weighted by Gasteiger charge is -2.11. The van der Waals surface area contributed by atoms with Gasteiger partial charge < -0.3 is 20.3 Å². The zero-order chi connectivity index (χ0) is 19.3. The second-order valence-electron chi connectivity index (χ2n) is 7.87. The molecule has 0 aromatic carbocycles. The predicted octanol–water partition coefficient (Wildman–Crippen LogP) is 4.67. The highest BCUT2D eigenvalue weighted by atomic mass is 16.5. The second-order valence-corrected chi connectivity index (χ2v) is 7.87. The predicted molar refractivity (Wildman–Crippen MR) is 112 cm³/mol. The molecule has 0 spiro atoms. The van der Waals surface area contributed by atoms with Crippen molar-refractivity contribution in [3.8, 4) is 0 Å². The van der Waals surface area contributed by atoms with Crippen molar-refractivity contribution in [2.45, 2.75) is 103 Å². The van der Waals surface area contributed by atoms with Gasteiger partial charge in [-0.05, 0) is 12.3 Å². The second kappa shape index (κ2) is 21.1. The fraction of sp³-hybridized carbons (Fsp3) is 1.00. The molecule has 2 unspecified atom stereocenters. The molecule has 0 heterocycles. The van der Waals surface area contributed by atoms with E-state index in [4.69, 9.17) is 9.84 Å². The molecule has 0 aromatic rings. The molecule has 0 bridgehead atoms. The van der Waals surface area contributed by atoms with Gasteiger partial charge in [0.15, 0.2) is 0 Å². The summed E-state index contributed by atoms with van der Waals surface area (Å²) in [6, 6.07) is 0. The summed E-state index contributed by atoms with van der Waals surface area (Å²) in [5.41, 5.74) is 0. The van der Waals surface area contributed by atoms with Crippen LogP contribution in [-0.2, 0) is 4.74 Å². The van der Waals surface area contributed by atoms with Crippen LogP contribution in [-0.4, -0.2) is 49.2 Å². The van der Waals surface area contributed by atoms with Crippen LogP contribution in [0.3, 0.4) is 0 Å². The molecular weight excluding hydrogens is 326 g/mol. The Kier molecular flexibility index (Phi) is 21.0. The topological polar surface area (TPSA) is 61.7 Å². The highest BCUT2D eigenvalue weighted by molar-refractivity contribution is 4.58. The molecule has 0 fully saturated rings. The molecule has 3 N–H and O–H groups in total. The smallest absolute Gasteiger partial charge is 0.0897 e.